The van der Waals surface area contributed by atoms with Crippen molar-refractivity contribution in [3.05, 3.63) is 41.3 Å². The van der Waals surface area contributed by atoms with Crippen molar-refractivity contribution in [2.75, 3.05) is 11.8 Å². The van der Waals surface area contributed by atoms with Crippen LogP contribution in [0.15, 0.2) is 33.6 Å². The van der Waals surface area contributed by atoms with E-state index in [4.69, 9.17) is 14.3 Å². The number of nitrogens with one attached hydrogen (secondary N) is 1. The molecule has 0 amide bonds. The Morgan fingerprint density at radius 3 is 2.45 bits per heavy atom. The minimum absolute atomic E-state index is 0.0336. The van der Waals surface area contributed by atoms with Gasteiger partial charge in [-0.1, -0.05) is 0 Å². The number of sulfonamides is 1. The Morgan fingerprint density at radius 2 is 1.95 bits per heavy atom. The molecule has 7 nitrogen and oxygen atoms in total. The Morgan fingerprint density at radius 1 is 1.27 bits per heavy atom. The monoisotopic (exact) mass is 325 g/mol. The molecular weight excluding hydrogens is 310 g/mol. The summed E-state index contributed by atoms with van der Waals surface area (Å²) in [5.41, 5.74) is 0.140. The van der Waals surface area contributed by atoms with Crippen molar-refractivity contribution >= 4 is 21.7 Å². The van der Waals surface area contributed by atoms with Gasteiger partial charge in [0.2, 0.25) is 0 Å². The lowest BCUT2D eigenvalue weighted by Gasteiger charge is -2.10. The zero-order chi connectivity index (χ0) is 16.5. The molecule has 118 valence electrons. The third kappa shape index (κ3) is 3.06. The van der Waals surface area contributed by atoms with E-state index in [0.29, 0.717) is 5.76 Å². The summed E-state index contributed by atoms with van der Waals surface area (Å²) >= 11 is 0. The lowest BCUT2D eigenvalue weighted by Crippen LogP contribution is -2.13. The molecule has 0 unspecified atom stereocenters. The second-order valence-electron chi connectivity index (χ2n) is 4.60. The SMILES string of the molecule is COc1cc(NS(=O)(=O)c2cc(C)oc2C)ccc1C(=O)O. The van der Waals surface area contributed by atoms with Crippen LogP contribution in [0.2, 0.25) is 0 Å². The molecule has 0 aliphatic carbocycles. The fourth-order valence-corrected chi connectivity index (χ4v) is 3.30. The molecule has 1 aromatic carbocycles. The number of methoxy groups -OCH3 is 1. The number of benzene rings is 1. The molecular formula is C14H15NO6S. The van der Waals surface area contributed by atoms with Crippen LogP contribution in [0.25, 0.3) is 0 Å². The van der Waals surface area contributed by atoms with Crippen LogP contribution in [0.5, 0.6) is 5.75 Å². The molecule has 0 saturated carbocycles. The number of hydrogen-bond acceptors (Lipinski definition) is 5. The summed E-state index contributed by atoms with van der Waals surface area (Å²) in [6.45, 7) is 3.20. The van der Waals surface area contributed by atoms with E-state index in [1.807, 2.05) is 0 Å². The van der Waals surface area contributed by atoms with Crippen LogP contribution < -0.4 is 9.46 Å². The lowest BCUT2D eigenvalue weighted by molar-refractivity contribution is 0.0693. The second kappa shape index (κ2) is 5.72. The first-order chi connectivity index (χ1) is 10.2. The smallest absolute Gasteiger partial charge is 0.339 e. The molecule has 0 aliphatic rings. The first-order valence-corrected chi connectivity index (χ1v) is 7.74. The molecule has 1 aromatic heterocycles. The third-order valence-electron chi connectivity index (χ3n) is 2.97. The van der Waals surface area contributed by atoms with Crippen molar-refractivity contribution < 1.29 is 27.5 Å². The highest BCUT2D eigenvalue weighted by Gasteiger charge is 2.21. The van der Waals surface area contributed by atoms with Crippen molar-refractivity contribution in [3.63, 3.8) is 0 Å². The van der Waals surface area contributed by atoms with E-state index in [-0.39, 0.29) is 27.7 Å². The highest BCUT2D eigenvalue weighted by molar-refractivity contribution is 7.92. The highest BCUT2D eigenvalue weighted by atomic mass is 32.2. The quantitative estimate of drug-likeness (QED) is 0.874. The van der Waals surface area contributed by atoms with Crippen LogP contribution >= 0.6 is 0 Å². The van der Waals surface area contributed by atoms with Gasteiger partial charge in [-0.25, -0.2) is 13.2 Å². The minimum atomic E-state index is -3.83. The number of rotatable bonds is 5. The minimum Gasteiger partial charge on any atom is -0.496 e. The molecule has 8 heteroatoms. The van der Waals surface area contributed by atoms with Crippen molar-refractivity contribution in [1.29, 1.82) is 0 Å². The zero-order valence-electron chi connectivity index (χ0n) is 12.2. The largest absolute Gasteiger partial charge is 0.496 e. The Balaban J connectivity index is 2.38. The van der Waals surface area contributed by atoms with E-state index in [9.17, 15) is 13.2 Å². The molecule has 1 heterocycles. The Bertz CT molecular complexity index is 822. The topological polar surface area (TPSA) is 106 Å². The van der Waals surface area contributed by atoms with Crippen molar-refractivity contribution in [1.82, 2.24) is 0 Å². The number of aromatic carboxylic acids is 1. The Hall–Kier alpha value is -2.48. The van der Waals surface area contributed by atoms with Crippen LogP contribution in [0, 0.1) is 13.8 Å². The van der Waals surface area contributed by atoms with E-state index < -0.39 is 16.0 Å². The second-order valence-corrected chi connectivity index (χ2v) is 6.25. The number of carbonyl (C=O) groups is 1. The molecule has 0 bridgehead atoms. The van der Waals surface area contributed by atoms with Gasteiger partial charge in [0.05, 0.1) is 12.8 Å². The predicted molar refractivity (Wildman–Crippen MR) is 78.9 cm³/mol. The molecule has 0 radical (unpaired) electrons. The summed E-state index contributed by atoms with van der Waals surface area (Å²) in [5.74, 6) is -0.337. The van der Waals surface area contributed by atoms with Crippen LogP contribution in [-0.4, -0.2) is 26.6 Å². The number of furan rings is 1. The molecule has 0 fully saturated rings. The fraction of sp³-hybridized carbons (Fsp3) is 0.214. The standard InChI is InChI=1S/C14H15NO6S/c1-8-6-13(9(2)21-8)22(18,19)15-10-4-5-11(14(16)17)12(7-10)20-3/h4-7,15H,1-3H3,(H,16,17). The first kappa shape index (κ1) is 15.9. The van der Waals surface area contributed by atoms with E-state index in [1.54, 1.807) is 13.8 Å². The summed E-state index contributed by atoms with van der Waals surface area (Å²) in [6.07, 6.45) is 0. The summed E-state index contributed by atoms with van der Waals surface area (Å²) in [7, 11) is -2.52. The average molecular weight is 325 g/mol. The highest BCUT2D eigenvalue weighted by Crippen LogP contribution is 2.26. The van der Waals surface area contributed by atoms with Gasteiger partial charge >= 0.3 is 5.97 Å². The van der Waals surface area contributed by atoms with Gasteiger partial charge in [0.25, 0.3) is 10.0 Å². The van der Waals surface area contributed by atoms with Gasteiger partial charge in [-0.05, 0) is 26.0 Å². The van der Waals surface area contributed by atoms with Crippen molar-refractivity contribution in [2.45, 2.75) is 18.7 Å². The van der Waals surface area contributed by atoms with Crippen molar-refractivity contribution in [2.24, 2.45) is 0 Å². The van der Waals surface area contributed by atoms with E-state index in [2.05, 4.69) is 4.72 Å². The lowest BCUT2D eigenvalue weighted by atomic mass is 10.2. The number of ether oxygens (including phenoxy) is 1. The predicted octanol–water partition coefficient (Wildman–Crippen LogP) is 2.40. The van der Waals surface area contributed by atoms with Crippen LogP contribution in [0.1, 0.15) is 21.9 Å². The number of carboxylic acid groups (broad SMARTS) is 1. The van der Waals surface area contributed by atoms with E-state index >= 15 is 0 Å². The normalized spacial score (nSPS) is 11.2. The average Bonchev–Trinajstić information content (AvgIpc) is 2.77. The molecule has 0 atom stereocenters. The molecule has 0 aliphatic heterocycles. The number of hydrogen-bond donors (Lipinski definition) is 2. The molecule has 2 aromatic rings. The summed E-state index contributed by atoms with van der Waals surface area (Å²) in [4.78, 5) is 11.0. The van der Waals surface area contributed by atoms with Gasteiger partial charge in [0.1, 0.15) is 27.7 Å². The first-order valence-electron chi connectivity index (χ1n) is 6.26. The van der Waals surface area contributed by atoms with Gasteiger partial charge < -0.3 is 14.3 Å². The third-order valence-corrected chi connectivity index (χ3v) is 4.46. The fourth-order valence-electron chi connectivity index (χ4n) is 2.02. The number of aryl methyl sites for hydroxylation is 2. The number of carboxylic acids is 1. The van der Waals surface area contributed by atoms with Crippen LogP contribution in [0.4, 0.5) is 5.69 Å². The molecule has 0 spiro atoms. The number of anilines is 1. The maximum atomic E-state index is 12.3. The van der Waals surface area contributed by atoms with Gasteiger partial charge in [0.15, 0.2) is 0 Å². The summed E-state index contributed by atoms with van der Waals surface area (Å²) < 4.78 is 37.2. The van der Waals surface area contributed by atoms with E-state index in [0.717, 1.165) is 0 Å². The summed E-state index contributed by atoms with van der Waals surface area (Å²) in [6, 6.07) is 5.35. The summed E-state index contributed by atoms with van der Waals surface area (Å²) in [5, 5.41) is 9.01. The van der Waals surface area contributed by atoms with Gasteiger partial charge in [-0.2, -0.15) is 0 Å². The van der Waals surface area contributed by atoms with Crippen LogP contribution in [-0.2, 0) is 10.0 Å². The molecule has 2 rings (SSSR count). The molecule has 22 heavy (non-hydrogen) atoms. The van der Waals surface area contributed by atoms with Gasteiger partial charge in [-0.3, -0.25) is 4.72 Å². The van der Waals surface area contributed by atoms with Crippen molar-refractivity contribution in [3.8, 4) is 5.75 Å². The molecule has 0 saturated heterocycles. The van der Waals surface area contributed by atoms with E-state index in [1.165, 1.54) is 31.4 Å². The van der Waals surface area contributed by atoms with Gasteiger partial charge in [0, 0.05) is 12.1 Å². The van der Waals surface area contributed by atoms with Gasteiger partial charge in [-0.15, -0.1) is 0 Å². The Labute approximate surface area is 127 Å². The zero-order valence-corrected chi connectivity index (χ0v) is 13.0. The maximum absolute atomic E-state index is 12.3. The maximum Gasteiger partial charge on any atom is 0.339 e. The Kier molecular flexibility index (Phi) is 4.14. The van der Waals surface area contributed by atoms with Crippen LogP contribution in [0.3, 0.4) is 0 Å². The molecule has 2 N–H and O–H groups in total.